The lowest BCUT2D eigenvalue weighted by atomic mass is 10.2. The highest BCUT2D eigenvalue weighted by atomic mass is 35.5. The van der Waals surface area contributed by atoms with Crippen LogP contribution in [0.4, 0.5) is 23.1 Å². The molecule has 13 heteroatoms. The molecular formula is C20H19ClN10O2. The summed E-state index contributed by atoms with van der Waals surface area (Å²) in [5.74, 6) is 1.57. The summed E-state index contributed by atoms with van der Waals surface area (Å²) in [5, 5.41) is 21.6. The minimum atomic E-state index is -0.432. The number of rotatable bonds is 7. The molecular weight excluding hydrogens is 448 g/mol. The summed E-state index contributed by atoms with van der Waals surface area (Å²) >= 11 is 6.02. The van der Waals surface area contributed by atoms with E-state index >= 15 is 0 Å². The maximum absolute atomic E-state index is 12.4. The fraction of sp³-hybridized carbons (Fsp3) is 0.150. The van der Waals surface area contributed by atoms with Crippen molar-refractivity contribution in [2.45, 2.75) is 0 Å². The lowest BCUT2D eigenvalue weighted by Crippen LogP contribution is -2.21. The Labute approximate surface area is 193 Å². The molecule has 0 radical (unpaired) electrons. The molecule has 0 aromatic carbocycles. The Hall–Kier alpha value is -4.32. The average molecular weight is 467 g/mol. The van der Waals surface area contributed by atoms with Gasteiger partial charge >= 0.3 is 0 Å². The Bertz CT molecular complexity index is 1310. The highest BCUT2D eigenvalue weighted by molar-refractivity contribution is 6.30. The van der Waals surface area contributed by atoms with Crippen molar-refractivity contribution in [3.8, 4) is 17.1 Å². The summed E-state index contributed by atoms with van der Waals surface area (Å²) in [4.78, 5) is 25.2. The van der Waals surface area contributed by atoms with E-state index in [1.807, 2.05) is 0 Å². The first-order valence-electron chi connectivity index (χ1n) is 9.63. The Morgan fingerprint density at radius 1 is 1.06 bits per heavy atom. The lowest BCUT2D eigenvalue weighted by molar-refractivity contribution is 0.0958. The molecule has 0 saturated carbocycles. The molecule has 0 bridgehead atoms. The van der Waals surface area contributed by atoms with Crippen LogP contribution in [-0.4, -0.2) is 55.0 Å². The minimum absolute atomic E-state index is 0.0623. The number of pyridine rings is 2. The lowest BCUT2D eigenvalue weighted by Gasteiger charge is -2.15. The van der Waals surface area contributed by atoms with E-state index in [4.69, 9.17) is 16.3 Å². The Balaban J connectivity index is 1.73. The fourth-order valence-corrected chi connectivity index (χ4v) is 3.11. The predicted octanol–water partition coefficient (Wildman–Crippen LogP) is 2.57. The van der Waals surface area contributed by atoms with Gasteiger partial charge in [-0.3, -0.25) is 9.48 Å². The van der Waals surface area contributed by atoms with E-state index in [0.717, 1.165) is 0 Å². The van der Waals surface area contributed by atoms with Crippen LogP contribution < -0.4 is 20.7 Å². The quantitative estimate of drug-likeness (QED) is 0.371. The number of carbonyl (C=O) groups is 1. The maximum Gasteiger partial charge on any atom is 0.273 e. The van der Waals surface area contributed by atoms with Crippen molar-refractivity contribution in [1.29, 1.82) is 0 Å². The Kier molecular flexibility index (Phi) is 6.26. The number of aromatic nitrogens is 7. The normalized spacial score (nSPS) is 10.5. The second-order valence-corrected chi connectivity index (χ2v) is 7.10. The predicted molar refractivity (Wildman–Crippen MR) is 122 cm³/mol. The van der Waals surface area contributed by atoms with Crippen LogP contribution in [0.5, 0.6) is 5.75 Å². The largest absolute Gasteiger partial charge is 0.492 e. The van der Waals surface area contributed by atoms with Crippen molar-refractivity contribution in [3.63, 3.8) is 0 Å². The molecule has 0 aliphatic carbocycles. The standard InChI is InChI=1S/C20H19ClN10O2/c1-22-20(32)16-13(9-15(28-29-16)27-14-8-11(21)4-6-23-14)26-19-17(33-3)12(5-7-24-19)18-25-10-31(2)30-18/h4-10H,1-3H3,(H,22,32)(H2,23,24,26,27,28). The van der Waals surface area contributed by atoms with Crippen molar-refractivity contribution in [3.05, 3.63) is 53.7 Å². The molecule has 4 aromatic heterocycles. The van der Waals surface area contributed by atoms with E-state index in [-0.39, 0.29) is 5.69 Å². The molecule has 12 nitrogen and oxygen atoms in total. The highest BCUT2D eigenvalue weighted by Crippen LogP contribution is 2.35. The van der Waals surface area contributed by atoms with Gasteiger partial charge in [-0.1, -0.05) is 11.6 Å². The van der Waals surface area contributed by atoms with Crippen LogP contribution in [0, 0.1) is 0 Å². The van der Waals surface area contributed by atoms with E-state index in [1.165, 1.54) is 14.2 Å². The zero-order valence-corrected chi connectivity index (χ0v) is 18.6. The van der Waals surface area contributed by atoms with Crippen LogP contribution in [0.25, 0.3) is 11.4 Å². The molecule has 0 atom stereocenters. The minimum Gasteiger partial charge on any atom is -0.492 e. The van der Waals surface area contributed by atoms with Crippen LogP contribution in [0.1, 0.15) is 10.5 Å². The molecule has 0 spiro atoms. The third-order valence-electron chi connectivity index (χ3n) is 4.42. The van der Waals surface area contributed by atoms with Crippen molar-refractivity contribution in [1.82, 2.24) is 40.2 Å². The summed E-state index contributed by atoms with van der Waals surface area (Å²) in [6.07, 6.45) is 4.72. The van der Waals surface area contributed by atoms with Gasteiger partial charge in [0.05, 0.1) is 18.4 Å². The number of anilines is 4. The van der Waals surface area contributed by atoms with Gasteiger partial charge in [0.15, 0.2) is 28.9 Å². The molecule has 4 rings (SSSR count). The monoisotopic (exact) mass is 466 g/mol. The number of carbonyl (C=O) groups excluding carboxylic acids is 1. The van der Waals surface area contributed by atoms with Gasteiger partial charge in [0.25, 0.3) is 5.91 Å². The molecule has 0 saturated heterocycles. The van der Waals surface area contributed by atoms with Crippen LogP contribution >= 0.6 is 11.6 Å². The molecule has 0 unspecified atom stereocenters. The number of hydrogen-bond acceptors (Lipinski definition) is 10. The molecule has 3 N–H and O–H groups in total. The summed E-state index contributed by atoms with van der Waals surface area (Å²) in [7, 11) is 4.78. The molecule has 33 heavy (non-hydrogen) atoms. The number of halogens is 1. The number of nitrogens with one attached hydrogen (secondary N) is 3. The number of aryl methyl sites for hydroxylation is 1. The summed E-state index contributed by atoms with van der Waals surface area (Å²) in [6.45, 7) is 0. The maximum atomic E-state index is 12.4. The van der Waals surface area contributed by atoms with Crippen LogP contribution in [0.15, 0.2) is 43.0 Å². The number of amides is 1. The van der Waals surface area contributed by atoms with E-state index in [0.29, 0.717) is 45.3 Å². The Morgan fingerprint density at radius 3 is 2.58 bits per heavy atom. The van der Waals surface area contributed by atoms with Crippen molar-refractivity contribution in [2.75, 3.05) is 24.8 Å². The summed E-state index contributed by atoms with van der Waals surface area (Å²) in [5.41, 5.74) is 1.03. The van der Waals surface area contributed by atoms with Gasteiger partial charge in [-0.05, 0) is 18.2 Å². The molecule has 0 fully saturated rings. The van der Waals surface area contributed by atoms with Gasteiger partial charge < -0.3 is 20.7 Å². The molecule has 0 aliphatic heterocycles. The van der Waals surface area contributed by atoms with Crippen LogP contribution in [-0.2, 0) is 7.05 Å². The summed E-state index contributed by atoms with van der Waals surface area (Å²) in [6, 6.07) is 6.63. The SMILES string of the molecule is CNC(=O)c1nnc(Nc2cc(Cl)ccn2)cc1Nc1nccc(-c2ncn(C)n2)c1OC. The number of hydrogen-bond donors (Lipinski definition) is 3. The highest BCUT2D eigenvalue weighted by Gasteiger charge is 2.20. The van der Waals surface area contributed by atoms with E-state index < -0.39 is 5.91 Å². The second-order valence-electron chi connectivity index (χ2n) is 6.66. The third-order valence-corrected chi connectivity index (χ3v) is 4.65. The number of methoxy groups -OCH3 is 1. The van der Waals surface area contributed by atoms with Gasteiger partial charge in [0, 0.05) is 37.6 Å². The molecule has 1 amide bonds. The van der Waals surface area contributed by atoms with E-state index in [9.17, 15) is 4.79 Å². The average Bonchev–Trinajstić information content (AvgIpc) is 3.25. The zero-order valence-electron chi connectivity index (χ0n) is 17.9. The first-order chi connectivity index (χ1) is 16.0. The van der Waals surface area contributed by atoms with Gasteiger partial charge in [-0.15, -0.1) is 10.2 Å². The van der Waals surface area contributed by atoms with Crippen LogP contribution in [0.3, 0.4) is 0 Å². The van der Waals surface area contributed by atoms with Crippen molar-refractivity contribution in [2.24, 2.45) is 7.05 Å². The van der Waals surface area contributed by atoms with Gasteiger partial charge in [0.2, 0.25) is 0 Å². The first kappa shape index (κ1) is 21.9. The zero-order chi connectivity index (χ0) is 23.4. The Morgan fingerprint density at radius 2 is 1.88 bits per heavy atom. The number of ether oxygens (including phenoxy) is 1. The molecule has 4 heterocycles. The van der Waals surface area contributed by atoms with Gasteiger partial charge in [-0.2, -0.15) is 5.10 Å². The third kappa shape index (κ3) is 4.80. The smallest absolute Gasteiger partial charge is 0.273 e. The van der Waals surface area contributed by atoms with E-state index in [2.05, 4.69) is 46.2 Å². The first-order valence-corrected chi connectivity index (χ1v) is 10.0. The molecule has 0 aliphatic rings. The summed E-state index contributed by atoms with van der Waals surface area (Å²) < 4.78 is 7.17. The van der Waals surface area contributed by atoms with Crippen LogP contribution in [0.2, 0.25) is 5.02 Å². The number of nitrogens with zero attached hydrogens (tertiary/aromatic N) is 7. The second kappa shape index (κ2) is 9.44. The van der Waals surface area contributed by atoms with Crippen molar-refractivity contribution < 1.29 is 9.53 Å². The van der Waals surface area contributed by atoms with E-state index in [1.54, 1.807) is 54.7 Å². The fourth-order valence-electron chi connectivity index (χ4n) is 2.95. The molecule has 4 aromatic rings. The van der Waals surface area contributed by atoms with Gasteiger partial charge in [-0.25, -0.2) is 15.0 Å². The van der Waals surface area contributed by atoms with Gasteiger partial charge in [0.1, 0.15) is 12.1 Å². The topological polar surface area (TPSA) is 145 Å². The molecule has 168 valence electrons. The van der Waals surface area contributed by atoms with Crippen molar-refractivity contribution >= 4 is 40.6 Å².